The van der Waals surface area contributed by atoms with E-state index in [0.29, 0.717) is 26.2 Å². The fourth-order valence-electron chi connectivity index (χ4n) is 1.56. The molecule has 0 aromatic carbocycles. The van der Waals surface area contributed by atoms with Crippen molar-refractivity contribution in [1.82, 2.24) is 9.88 Å². The van der Waals surface area contributed by atoms with Crippen molar-refractivity contribution in [3.05, 3.63) is 11.6 Å². The van der Waals surface area contributed by atoms with E-state index in [1.165, 1.54) is 0 Å². The Morgan fingerprint density at radius 2 is 2.38 bits per heavy atom. The molecule has 0 unspecified atom stereocenters. The molecule has 0 aliphatic carbocycles. The number of nitrogens with zero attached hydrogens (tertiary/aromatic N) is 2. The van der Waals surface area contributed by atoms with Crippen LogP contribution in [0.2, 0.25) is 0 Å². The molecule has 5 nitrogen and oxygen atoms in total. The zero-order valence-electron chi connectivity index (χ0n) is 9.02. The van der Waals surface area contributed by atoms with E-state index >= 15 is 0 Å². The molecular formula is C10H15N3O2S. The molecule has 1 aliphatic heterocycles. The molecule has 1 aliphatic rings. The Balaban J connectivity index is 1.67. The molecule has 1 fully saturated rings. The van der Waals surface area contributed by atoms with Crippen molar-refractivity contribution in [2.24, 2.45) is 0 Å². The monoisotopic (exact) mass is 241 g/mol. The minimum absolute atomic E-state index is 0.187. The predicted molar refractivity (Wildman–Crippen MR) is 62.6 cm³/mol. The first-order valence-corrected chi connectivity index (χ1v) is 6.23. The number of rotatable bonds is 4. The minimum atomic E-state index is 0.187. The van der Waals surface area contributed by atoms with Crippen LogP contribution < -0.4 is 5.32 Å². The second-order valence-electron chi connectivity index (χ2n) is 3.51. The number of anilines is 1. The van der Waals surface area contributed by atoms with Crippen LogP contribution in [-0.4, -0.2) is 48.6 Å². The summed E-state index contributed by atoms with van der Waals surface area (Å²) in [6.45, 7) is 3.40. The number of aromatic nitrogens is 1. The number of hydrogen-bond acceptors (Lipinski definition) is 5. The molecule has 0 radical (unpaired) electrons. The van der Waals surface area contributed by atoms with Gasteiger partial charge in [0.1, 0.15) is 0 Å². The fraction of sp³-hybridized carbons (Fsp3) is 0.600. The molecule has 16 heavy (non-hydrogen) atoms. The largest absolute Gasteiger partial charge is 0.378 e. The highest BCUT2D eigenvalue weighted by Crippen LogP contribution is 2.10. The van der Waals surface area contributed by atoms with Crippen molar-refractivity contribution in [1.29, 1.82) is 0 Å². The van der Waals surface area contributed by atoms with Gasteiger partial charge in [-0.1, -0.05) is 0 Å². The summed E-state index contributed by atoms with van der Waals surface area (Å²) in [5.74, 6) is 0.187. The molecule has 0 saturated carbocycles. The number of nitrogens with one attached hydrogen (secondary N) is 1. The van der Waals surface area contributed by atoms with Gasteiger partial charge in [0.2, 0.25) is 5.91 Å². The van der Waals surface area contributed by atoms with Gasteiger partial charge in [-0.05, 0) is 0 Å². The smallest absolute Gasteiger partial charge is 0.224 e. The van der Waals surface area contributed by atoms with Gasteiger partial charge in [-0.25, -0.2) is 4.98 Å². The molecular weight excluding hydrogens is 226 g/mol. The summed E-state index contributed by atoms with van der Waals surface area (Å²) >= 11 is 1.54. The number of thiazole rings is 1. The lowest BCUT2D eigenvalue weighted by molar-refractivity contribution is -0.134. The van der Waals surface area contributed by atoms with Crippen molar-refractivity contribution in [3.63, 3.8) is 0 Å². The van der Waals surface area contributed by atoms with Gasteiger partial charge in [0, 0.05) is 37.6 Å². The van der Waals surface area contributed by atoms with E-state index < -0.39 is 0 Å². The van der Waals surface area contributed by atoms with Gasteiger partial charge in [-0.2, -0.15) is 0 Å². The van der Waals surface area contributed by atoms with Gasteiger partial charge in [0.05, 0.1) is 13.2 Å². The van der Waals surface area contributed by atoms with Crippen molar-refractivity contribution in [2.45, 2.75) is 6.42 Å². The minimum Gasteiger partial charge on any atom is -0.378 e. The number of amides is 1. The zero-order valence-corrected chi connectivity index (χ0v) is 9.83. The van der Waals surface area contributed by atoms with Gasteiger partial charge in [-0.15, -0.1) is 11.3 Å². The lowest BCUT2D eigenvalue weighted by Gasteiger charge is -2.26. The maximum atomic E-state index is 11.7. The van der Waals surface area contributed by atoms with E-state index in [4.69, 9.17) is 4.74 Å². The Hall–Kier alpha value is -1.14. The Morgan fingerprint density at radius 1 is 1.56 bits per heavy atom. The lowest BCUT2D eigenvalue weighted by atomic mass is 10.3. The van der Waals surface area contributed by atoms with E-state index in [1.807, 2.05) is 10.3 Å². The molecule has 1 aromatic rings. The van der Waals surface area contributed by atoms with E-state index in [2.05, 4.69) is 10.3 Å². The average Bonchev–Trinajstić information content (AvgIpc) is 2.83. The zero-order chi connectivity index (χ0) is 11.2. The van der Waals surface area contributed by atoms with Gasteiger partial charge in [-0.3, -0.25) is 4.79 Å². The number of carbonyl (C=O) groups is 1. The predicted octanol–water partition coefficient (Wildman–Crippen LogP) is 0.804. The van der Waals surface area contributed by atoms with Gasteiger partial charge >= 0.3 is 0 Å². The SMILES string of the molecule is O=C(CCNc1nccs1)N1CCOCC1. The van der Waals surface area contributed by atoms with Crippen LogP contribution in [0.25, 0.3) is 0 Å². The maximum Gasteiger partial charge on any atom is 0.224 e. The van der Waals surface area contributed by atoms with Crippen LogP contribution in [0.4, 0.5) is 5.13 Å². The first-order valence-electron chi connectivity index (χ1n) is 5.35. The van der Waals surface area contributed by atoms with Crippen molar-refractivity contribution in [3.8, 4) is 0 Å². The average molecular weight is 241 g/mol. The van der Waals surface area contributed by atoms with Crippen LogP contribution in [0.15, 0.2) is 11.6 Å². The number of carbonyl (C=O) groups excluding carboxylic acids is 1. The molecule has 0 bridgehead atoms. The van der Waals surface area contributed by atoms with Crippen LogP contribution >= 0.6 is 11.3 Å². The van der Waals surface area contributed by atoms with Gasteiger partial charge in [0.25, 0.3) is 0 Å². The third-order valence-corrected chi connectivity index (χ3v) is 3.14. The molecule has 1 saturated heterocycles. The summed E-state index contributed by atoms with van der Waals surface area (Å²) in [5, 5.41) is 5.90. The van der Waals surface area contributed by atoms with E-state index in [0.717, 1.165) is 18.2 Å². The summed E-state index contributed by atoms with van der Waals surface area (Å²) in [6.07, 6.45) is 2.26. The standard InChI is InChI=1S/C10H15N3O2S/c14-9(13-4-6-15-7-5-13)1-2-11-10-12-3-8-16-10/h3,8H,1-2,4-7H2,(H,11,12). The van der Waals surface area contributed by atoms with E-state index in [-0.39, 0.29) is 5.91 Å². The summed E-state index contributed by atoms with van der Waals surface area (Å²) in [6, 6.07) is 0. The molecule has 2 rings (SSSR count). The summed E-state index contributed by atoms with van der Waals surface area (Å²) in [5.41, 5.74) is 0. The topological polar surface area (TPSA) is 54.5 Å². The van der Waals surface area contributed by atoms with Gasteiger partial charge < -0.3 is 15.0 Å². The Bertz CT molecular complexity index is 323. The number of ether oxygens (including phenoxy) is 1. The third kappa shape index (κ3) is 3.18. The highest BCUT2D eigenvalue weighted by molar-refractivity contribution is 7.13. The summed E-state index contributed by atoms with van der Waals surface area (Å²) < 4.78 is 5.20. The molecule has 1 aromatic heterocycles. The van der Waals surface area contributed by atoms with Crippen LogP contribution in [0.3, 0.4) is 0 Å². The Kier molecular flexibility index (Phi) is 4.12. The molecule has 0 atom stereocenters. The highest BCUT2D eigenvalue weighted by atomic mass is 32.1. The summed E-state index contributed by atoms with van der Waals surface area (Å²) in [4.78, 5) is 17.7. The summed E-state index contributed by atoms with van der Waals surface area (Å²) in [7, 11) is 0. The van der Waals surface area contributed by atoms with E-state index in [9.17, 15) is 4.79 Å². The van der Waals surface area contributed by atoms with Crippen LogP contribution in [-0.2, 0) is 9.53 Å². The fourth-order valence-corrected chi connectivity index (χ4v) is 2.12. The quantitative estimate of drug-likeness (QED) is 0.847. The lowest BCUT2D eigenvalue weighted by Crippen LogP contribution is -2.41. The van der Waals surface area contributed by atoms with Gasteiger partial charge in [0.15, 0.2) is 5.13 Å². The Labute approximate surface area is 98.4 Å². The maximum absolute atomic E-state index is 11.7. The number of morpholine rings is 1. The normalized spacial score (nSPS) is 16.1. The molecule has 2 heterocycles. The molecule has 0 spiro atoms. The van der Waals surface area contributed by atoms with Crippen molar-refractivity contribution < 1.29 is 9.53 Å². The molecule has 88 valence electrons. The molecule has 1 N–H and O–H groups in total. The van der Waals surface area contributed by atoms with Crippen LogP contribution in [0.5, 0.6) is 0 Å². The van der Waals surface area contributed by atoms with Crippen LogP contribution in [0, 0.1) is 0 Å². The third-order valence-electron chi connectivity index (χ3n) is 2.41. The first-order chi connectivity index (χ1) is 7.86. The second-order valence-corrected chi connectivity index (χ2v) is 4.40. The number of hydrogen-bond donors (Lipinski definition) is 1. The first kappa shape index (κ1) is 11.3. The van der Waals surface area contributed by atoms with E-state index in [1.54, 1.807) is 17.5 Å². The second kappa shape index (κ2) is 5.81. The van der Waals surface area contributed by atoms with Crippen molar-refractivity contribution >= 4 is 22.4 Å². The van der Waals surface area contributed by atoms with Crippen LogP contribution in [0.1, 0.15) is 6.42 Å². The molecule has 6 heteroatoms. The highest BCUT2D eigenvalue weighted by Gasteiger charge is 2.15. The van der Waals surface area contributed by atoms with Crippen molar-refractivity contribution in [2.75, 3.05) is 38.2 Å². The molecule has 1 amide bonds. The Morgan fingerprint density at radius 3 is 3.06 bits per heavy atom.